The molecule has 3 aliphatic carbocycles. The minimum absolute atomic E-state index is 0.0291. The fourth-order valence-corrected chi connectivity index (χ4v) is 11.7. The first-order chi connectivity index (χ1) is 22.4. The van der Waals surface area contributed by atoms with Gasteiger partial charge in [0.1, 0.15) is 0 Å². The van der Waals surface area contributed by atoms with Gasteiger partial charge in [0.25, 0.3) is 10.1 Å². The molecule has 0 amide bonds. The molecule has 1 aromatic rings. The highest BCUT2D eigenvalue weighted by Gasteiger charge is 2.51. The van der Waals surface area contributed by atoms with Gasteiger partial charge in [-0.25, -0.2) is 0 Å². The summed E-state index contributed by atoms with van der Waals surface area (Å²) in [7, 11) is -7.78. The molecule has 3 aliphatic rings. The standard InChI is InChI=1S/C41H68O5SSi2/c1-29-17-21-35(22-18-29)47(42,43)44-28-30(2)36-23-24-37-32(16-15-25-41(36,37)10)19-20-33-26-34(45-48(11,12)39(4,5)6)27-38(31(33)3)46-49(13,14)40(7,8)9/h17-22,30,34,36-38H,3,15-16,23-28H2,1-2,4-14H3/b32-19+,33-20+/t30-,34-,36-,37+,38+,41-/m1/s1. The summed E-state index contributed by atoms with van der Waals surface area (Å²) < 4.78 is 45.8. The van der Waals surface area contributed by atoms with E-state index >= 15 is 0 Å². The van der Waals surface area contributed by atoms with Crippen LogP contribution in [0.5, 0.6) is 0 Å². The van der Waals surface area contributed by atoms with E-state index in [0.717, 1.165) is 49.7 Å². The third kappa shape index (κ3) is 9.02. The quantitative estimate of drug-likeness (QED) is 0.177. The van der Waals surface area contributed by atoms with Crippen molar-refractivity contribution in [3.05, 3.63) is 65.3 Å². The number of aryl methyl sites for hydroxylation is 1. The lowest BCUT2D eigenvalue weighted by Crippen LogP contribution is -2.49. The van der Waals surface area contributed by atoms with E-state index in [2.05, 4.69) is 100 Å². The lowest BCUT2D eigenvalue weighted by atomic mass is 9.61. The van der Waals surface area contributed by atoms with Gasteiger partial charge in [0, 0.05) is 6.42 Å². The molecule has 3 saturated carbocycles. The summed E-state index contributed by atoms with van der Waals surface area (Å²) in [4.78, 5) is 0.231. The molecule has 0 aromatic heterocycles. The first-order valence-corrected chi connectivity index (χ1v) is 26.0. The van der Waals surface area contributed by atoms with E-state index in [1.54, 1.807) is 12.1 Å². The third-order valence-electron chi connectivity index (χ3n) is 13.3. The maximum atomic E-state index is 13.0. The smallest absolute Gasteiger partial charge is 0.296 e. The maximum absolute atomic E-state index is 13.0. The van der Waals surface area contributed by atoms with E-state index in [1.165, 1.54) is 17.6 Å². The Hall–Kier alpha value is -1.30. The van der Waals surface area contributed by atoms with Gasteiger partial charge in [0.2, 0.25) is 0 Å². The zero-order valence-corrected chi connectivity index (χ0v) is 36.0. The molecule has 0 heterocycles. The lowest BCUT2D eigenvalue weighted by Gasteiger charge is -2.45. The SMILES string of the molecule is C=C1/C(=C/C=C2\CCC[C@]3(C)[C@@H]([C@H](C)COS(=O)(=O)c4ccc(C)cc4)CC[C@@H]23)C[C@@H](O[Si](C)(C)C(C)(C)C)C[C@@H]1O[Si](C)(C)C(C)(C)C. The predicted molar refractivity (Wildman–Crippen MR) is 210 cm³/mol. The summed E-state index contributed by atoms with van der Waals surface area (Å²) in [5, 5.41) is 0.257. The van der Waals surface area contributed by atoms with Gasteiger partial charge < -0.3 is 8.85 Å². The number of fused-ring (bicyclic) bond motifs is 1. The summed E-state index contributed by atoms with van der Waals surface area (Å²) >= 11 is 0. The normalized spacial score (nSPS) is 29.8. The van der Waals surface area contributed by atoms with E-state index < -0.39 is 26.8 Å². The van der Waals surface area contributed by atoms with Crippen molar-refractivity contribution in [2.75, 3.05) is 6.61 Å². The first-order valence-electron chi connectivity index (χ1n) is 18.8. The van der Waals surface area contributed by atoms with Gasteiger partial charge in [-0.15, -0.1) is 0 Å². The van der Waals surface area contributed by atoms with Gasteiger partial charge in [-0.05, 0) is 128 Å². The zero-order chi connectivity index (χ0) is 36.8. The summed E-state index contributed by atoms with van der Waals surface area (Å²) in [6.45, 7) is 34.7. The zero-order valence-electron chi connectivity index (χ0n) is 33.2. The average molecular weight is 729 g/mol. The van der Waals surface area contributed by atoms with Crippen molar-refractivity contribution in [3.63, 3.8) is 0 Å². The number of rotatable bonds is 10. The Balaban J connectivity index is 1.55. The highest BCUT2D eigenvalue weighted by Crippen LogP contribution is 2.59. The summed E-state index contributed by atoms with van der Waals surface area (Å²) in [6, 6.07) is 6.91. The van der Waals surface area contributed by atoms with Crippen molar-refractivity contribution in [2.24, 2.45) is 23.2 Å². The van der Waals surface area contributed by atoms with E-state index in [-0.39, 0.29) is 45.1 Å². The largest absolute Gasteiger partial charge is 0.413 e. The predicted octanol–water partition coefficient (Wildman–Crippen LogP) is 11.5. The second-order valence-corrected chi connectivity index (χ2v) is 30.0. The van der Waals surface area contributed by atoms with Gasteiger partial charge in [-0.3, -0.25) is 4.18 Å². The molecule has 0 bridgehead atoms. The highest BCUT2D eigenvalue weighted by atomic mass is 32.2. The van der Waals surface area contributed by atoms with Crippen LogP contribution in [0.4, 0.5) is 0 Å². The molecule has 0 unspecified atom stereocenters. The number of hydrogen-bond acceptors (Lipinski definition) is 5. The summed E-state index contributed by atoms with van der Waals surface area (Å²) in [5.74, 6) is 1.05. The highest BCUT2D eigenvalue weighted by molar-refractivity contribution is 7.86. The molecular weight excluding hydrogens is 661 g/mol. The van der Waals surface area contributed by atoms with Crippen LogP contribution in [0.1, 0.15) is 106 Å². The first kappa shape index (κ1) is 40.5. The number of hydrogen-bond donors (Lipinski definition) is 0. The molecule has 1 aromatic carbocycles. The topological polar surface area (TPSA) is 61.8 Å². The van der Waals surface area contributed by atoms with Crippen LogP contribution in [0.3, 0.4) is 0 Å². The van der Waals surface area contributed by atoms with Gasteiger partial charge in [-0.1, -0.05) is 97.4 Å². The van der Waals surface area contributed by atoms with Gasteiger partial charge >= 0.3 is 0 Å². The molecule has 5 nitrogen and oxygen atoms in total. The summed E-state index contributed by atoms with van der Waals surface area (Å²) in [6.07, 6.45) is 12.3. The Labute approximate surface area is 302 Å². The van der Waals surface area contributed by atoms with Gasteiger partial charge in [0.05, 0.1) is 23.7 Å². The van der Waals surface area contributed by atoms with Crippen molar-refractivity contribution in [1.29, 1.82) is 0 Å². The Morgan fingerprint density at radius 2 is 1.55 bits per heavy atom. The Morgan fingerprint density at radius 3 is 2.14 bits per heavy atom. The second-order valence-electron chi connectivity index (χ2n) is 18.9. The van der Waals surface area contributed by atoms with Crippen LogP contribution in [0.25, 0.3) is 0 Å². The van der Waals surface area contributed by atoms with E-state index in [1.807, 2.05) is 19.1 Å². The van der Waals surface area contributed by atoms with Crippen LogP contribution in [0.2, 0.25) is 36.3 Å². The molecular formula is C41H68O5SSi2. The van der Waals surface area contributed by atoms with Crippen LogP contribution < -0.4 is 0 Å². The van der Waals surface area contributed by atoms with E-state index in [4.69, 9.17) is 13.0 Å². The van der Waals surface area contributed by atoms with Crippen LogP contribution in [-0.2, 0) is 23.2 Å². The molecule has 49 heavy (non-hydrogen) atoms. The molecule has 0 spiro atoms. The van der Waals surface area contributed by atoms with E-state index in [9.17, 15) is 8.42 Å². The molecule has 6 atom stereocenters. The molecule has 0 N–H and O–H groups in total. The molecule has 3 fully saturated rings. The fraction of sp³-hybridized carbons (Fsp3) is 0.707. The molecule has 4 rings (SSSR count). The number of benzene rings is 1. The maximum Gasteiger partial charge on any atom is 0.296 e. The monoisotopic (exact) mass is 728 g/mol. The van der Waals surface area contributed by atoms with Crippen molar-refractivity contribution in [1.82, 2.24) is 0 Å². The van der Waals surface area contributed by atoms with Crippen LogP contribution >= 0.6 is 0 Å². The molecule has 0 saturated heterocycles. The minimum atomic E-state index is -3.78. The average Bonchev–Trinajstić information content (AvgIpc) is 3.33. The molecule has 276 valence electrons. The molecule has 8 heteroatoms. The Bertz CT molecular complexity index is 1510. The molecule has 0 aliphatic heterocycles. The van der Waals surface area contributed by atoms with E-state index in [0.29, 0.717) is 11.8 Å². The van der Waals surface area contributed by atoms with Crippen molar-refractivity contribution in [2.45, 2.75) is 161 Å². The fourth-order valence-electron chi connectivity index (χ4n) is 8.07. The third-order valence-corrected chi connectivity index (χ3v) is 23.6. The van der Waals surface area contributed by atoms with Crippen LogP contribution in [-0.4, -0.2) is 43.9 Å². The van der Waals surface area contributed by atoms with Crippen LogP contribution in [0.15, 0.2) is 64.6 Å². The lowest BCUT2D eigenvalue weighted by molar-refractivity contribution is 0.0760. The van der Waals surface area contributed by atoms with Crippen molar-refractivity contribution >= 4 is 26.8 Å². The molecule has 0 radical (unpaired) electrons. The minimum Gasteiger partial charge on any atom is -0.413 e. The Kier molecular flexibility index (Phi) is 12.1. The van der Waals surface area contributed by atoms with Gasteiger partial charge in [0.15, 0.2) is 16.6 Å². The van der Waals surface area contributed by atoms with Crippen molar-refractivity contribution in [3.8, 4) is 0 Å². The van der Waals surface area contributed by atoms with Crippen molar-refractivity contribution < 1.29 is 21.5 Å². The van der Waals surface area contributed by atoms with Gasteiger partial charge in [-0.2, -0.15) is 8.42 Å². The summed E-state index contributed by atoms with van der Waals surface area (Å²) in [5.41, 5.74) is 5.09. The Morgan fingerprint density at radius 1 is 0.959 bits per heavy atom. The van der Waals surface area contributed by atoms with Crippen LogP contribution in [0, 0.1) is 30.1 Å². The number of allylic oxidation sites excluding steroid dienone is 3. The second kappa shape index (κ2) is 14.6.